The van der Waals surface area contributed by atoms with Crippen LogP contribution in [0.25, 0.3) is 0 Å². The molecule has 0 atom stereocenters. The van der Waals surface area contributed by atoms with Crippen LogP contribution in [0.5, 0.6) is 5.75 Å². The molecule has 1 amide bonds. The van der Waals surface area contributed by atoms with E-state index in [4.69, 9.17) is 4.74 Å². The molecule has 2 aromatic rings. The number of hydrogen-bond donors (Lipinski definition) is 1. The molecule has 2 aromatic carbocycles. The molecule has 0 unspecified atom stereocenters. The molecule has 0 aliphatic carbocycles. The minimum absolute atomic E-state index is 0.0867. The quantitative estimate of drug-likeness (QED) is 0.540. The normalized spacial score (nSPS) is 11.3. The molecule has 0 bridgehead atoms. The van der Waals surface area contributed by atoms with Gasteiger partial charge in [-0.15, -0.1) is 0 Å². The van der Waals surface area contributed by atoms with Crippen LogP contribution >= 0.6 is 0 Å². The van der Waals surface area contributed by atoms with Gasteiger partial charge in [0.15, 0.2) is 0 Å². The number of carbonyl (C=O) groups is 1. The SMILES string of the molecule is CCc1cccc(N(O)C(=O)OC)c1COc1cc(C)c(C)cc1C(F)(F)F. The largest absolute Gasteiger partial charge is 0.488 e. The molecule has 1 N–H and O–H groups in total. The van der Waals surface area contributed by atoms with Crippen LogP contribution in [0.15, 0.2) is 30.3 Å². The van der Waals surface area contributed by atoms with Gasteiger partial charge in [0.25, 0.3) is 0 Å². The summed E-state index contributed by atoms with van der Waals surface area (Å²) < 4.78 is 50.2. The number of ether oxygens (including phenoxy) is 2. The smallest absolute Gasteiger partial charge is 0.438 e. The van der Waals surface area contributed by atoms with E-state index in [-0.39, 0.29) is 18.0 Å². The van der Waals surface area contributed by atoms with E-state index >= 15 is 0 Å². The van der Waals surface area contributed by atoms with Crippen molar-refractivity contribution >= 4 is 11.8 Å². The Morgan fingerprint density at radius 1 is 1.18 bits per heavy atom. The average Bonchev–Trinajstić information content (AvgIpc) is 2.66. The summed E-state index contributed by atoms with van der Waals surface area (Å²) in [7, 11) is 1.11. The van der Waals surface area contributed by atoms with Crippen molar-refractivity contribution in [3.05, 3.63) is 58.1 Å². The highest BCUT2D eigenvalue weighted by Gasteiger charge is 2.35. The van der Waals surface area contributed by atoms with Crippen LogP contribution < -0.4 is 9.80 Å². The summed E-state index contributed by atoms with van der Waals surface area (Å²) in [4.78, 5) is 11.7. The number of halogens is 3. The molecular weight excluding hydrogens is 375 g/mol. The van der Waals surface area contributed by atoms with Gasteiger partial charge in [-0.1, -0.05) is 19.1 Å². The number of hydrogen-bond acceptors (Lipinski definition) is 4. The van der Waals surface area contributed by atoms with Gasteiger partial charge < -0.3 is 9.47 Å². The van der Waals surface area contributed by atoms with Crippen molar-refractivity contribution in [1.29, 1.82) is 0 Å². The summed E-state index contributed by atoms with van der Waals surface area (Å²) in [6.45, 7) is 4.87. The number of alkyl halides is 3. The third-order valence-electron chi connectivity index (χ3n) is 4.48. The van der Waals surface area contributed by atoms with Gasteiger partial charge in [0.1, 0.15) is 12.4 Å². The molecule has 2 rings (SSSR count). The van der Waals surface area contributed by atoms with Crippen LogP contribution in [-0.4, -0.2) is 18.4 Å². The minimum Gasteiger partial charge on any atom is -0.488 e. The second-order valence-corrected chi connectivity index (χ2v) is 6.27. The van der Waals surface area contributed by atoms with Crippen LogP contribution in [-0.2, 0) is 23.9 Å². The molecule has 0 fully saturated rings. The Morgan fingerprint density at radius 2 is 1.82 bits per heavy atom. The number of carbonyl (C=O) groups excluding carboxylic acids is 1. The van der Waals surface area contributed by atoms with Crippen molar-refractivity contribution in [3.63, 3.8) is 0 Å². The van der Waals surface area contributed by atoms with Gasteiger partial charge in [-0.3, -0.25) is 5.21 Å². The topological polar surface area (TPSA) is 59.0 Å². The zero-order valence-electron chi connectivity index (χ0n) is 16.1. The van der Waals surface area contributed by atoms with E-state index in [0.717, 1.165) is 18.7 Å². The number of anilines is 1. The van der Waals surface area contributed by atoms with Crippen LogP contribution in [0.2, 0.25) is 0 Å². The van der Waals surface area contributed by atoms with E-state index in [0.29, 0.717) is 28.2 Å². The lowest BCUT2D eigenvalue weighted by Crippen LogP contribution is -2.28. The Bertz CT molecular complexity index is 865. The predicted octanol–water partition coefficient (Wildman–Crippen LogP) is 5.43. The van der Waals surface area contributed by atoms with Gasteiger partial charge in [0.05, 0.1) is 18.4 Å². The fourth-order valence-corrected chi connectivity index (χ4v) is 2.78. The van der Waals surface area contributed by atoms with Crippen LogP contribution in [0.3, 0.4) is 0 Å². The molecule has 0 aromatic heterocycles. The number of amides is 1. The van der Waals surface area contributed by atoms with E-state index in [9.17, 15) is 23.2 Å². The number of benzene rings is 2. The first kappa shape index (κ1) is 21.6. The Balaban J connectivity index is 2.45. The van der Waals surface area contributed by atoms with Crippen LogP contribution in [0.4, 0.5) is 23.7 Å². The lowest BCUT2D eigenvalue weighted by molar-refractivity contribution is -0.139. The van der Waals surface area contributed by atoms with Crippen molar-refractivity contribution in [2.24, 2.45) is 0 Å². The minimum atomic E-state index is -4.57. The molecule has 0 saturated heterocycles. The Morgan fingerprint density at radius 3 is 2.39 bits per heavy atom. The summed E-state index contributed by atoms with van der Waals surface area (Å²) in [6, 6.07) is 7.21. The predicted molar refractivity (Wildman–Crippen MR) is 97.7 cm³/mol. The van der Waals surface area contributed by atoms with Gasteiger partial charge >= 0.3 is 12.3 Å². The first-order chi connectivity index (χ1) is 13.1. The Labute approximate surface area is 161 Å². The number of hydroxylamine groups is 1. The standard InChI is InChI=1S/C20H22F3NO4/c1-5-14-7-6-8-17(24(26)19(25)27-4)15(14)11-28-18-10-13(3)12(2)9-16(18)20(21,22)23/h6-10,26H,5,11H2,1-4H3. The average molecular weight is 397 g/mol. The van der Waals surface area contributed by atoms with Crippen molar-refractivity contribution < 1.29 is 32.6 Å². The summed E-state index contributed by atoms with van der Waals surface area (Å²) in [5, 5.41) is 10.4. The molecule has 0 radical (unpaired) electrons. The van der Waals surface area contributed by atoms with Gasteiger partial charge in [-0.05, 0) is 55.2 Å². The fraction of sp³-hybridized carbons (Fsp3) is 0.350. The van der Waals surface area contributed by atoms with E-state index in [1.54, 1.807) is 26.0 Å². The maximum Gasteiger partial charge on any atom is 0.438 e. The number of nitrogens with zero attached hydrogens (tertiary/aromatic N) is 1. The third-order valence-corrected chi connectivity index (χ3v) is 4.48. The lowest BCUT2D eigenvalue weighted by Gasteiger charge is -2.21. The highest BCUT2D eigenvalue weighted by Crippen LogP contribution is 2.38. The molecule has 8 heteroatoms. The molecule has 0 heterocycles. The van der Waals surface area contributed by atoms with Gasteiger partial charge in [-0.2, -0.15) is 18.2 Å². The summed E-state index contributed by atoms with van der Waals surface area (Å²) >= 11 is 0. The number of aryl methyl sites for hydroxylation is 3. The highest BCUT2D eigenvalue weighted by molar-refractivity contribution is 5.86. The van der Waals surface area contributed by atoms with E-state index in [1.165, 1.54) is 12.1 Å². The maximum atomic E-state index is 13.4. The molecule has 0 aliphatic heterocycles. The monoisotopic (exact) mass is 397 g/mol. The Hall–Kier alpha value is -2.74. The number of rotatable bonds is 5. The maximum absolute atomic E-state index is 13.4. The first-order valence-electron chi connectivity index (χ1n) is 8.59. The molecular formula is C20H22F3NO4. The first-order valence-corrected chi connectivity index (χ1v) is 8.59. The summed E-state index contributed by atoms with van der Waals surface area (Å²) in [5.41, 5.74) is 1.48. The fourth-order valence-electron chi connectivity index (χ4n) is 2.78. The summed E-state index contributed by atoms with van der Waals surface area (Å²) in [6.07, 6.45) is -5.06. The van der Waals surface area contributed by atoms with E-state index < -0.39 is 17.8 Å². The molecule has 0 spiro atoms. The zero-order valence-corrected chi connectivity index (χ0v) is 16.1. The van der Waals surface area contributed by atoms with Crippen molar-refractivity contribution in [3.8, 4) is 5.75 Å². The van der Waals surface area contributed by atoms with Gasteiger partial charge in [-0.25, -0.2) is 4.79 Å². The van der Waals surface area contributed by atoms with Gasteiger partial charge in [0, 0.05) is 5.56 Å². The second-order valence-electron chi connectivity index (χ2n) is 6.27. The highest BCUT2D eigenvalue weighted by atomic mass is 19.4. The zero-order chi connectivity index (χ0) is 21.1. The molecule has 152 valence electrons. The van der Waals surface area contributed by atoms with Crippen LogP contribution in [0.1, 0.15) is 34.7 Å². The number of methoxy groups -OCH3 is 1. The molecule has 0 aliphatic rings. The Kier molecular flexibility index (Phi) is 6.56. The second kappa shape index (κ2) is 8.52. The van der Waals surface area contributed by atoms with E-state index in [2.05, 4.69) is 4.74 Å². The lowest BCUT2D eigenvalue weighted by atomic mass is 10.0. The molecule has 5 nitrogen and oxygen atoms in total. The molecule has 0 saturated carbocycles. The van der Waals surface area contributed by atoms with Crippen molar-refractivity contribution in [2.45, 2.75) is 40.0 Å². The van der Waals surface area contributed by atoms with Gasteiger partial charge in [0.2, 0.25) is 0 Å². The third kappa shape index (κ3) is 4.56. The van der Waals surface area contributed by atoms with E-state index in [1.807, 2.05) is 6.92 Å². The molecule has 28 heavy (non-hydrogen) atoms. The van der Waals surface area contributed by atoms with Crippen LogP contribution in [0, 0.1) is 13.8 Å². The summed E-state index contributed by atoms with van der Waals surface area (Å²) in [5.74, 6) is -0.310. The van der Waals surface area contributed by atoms with Crippen molar-refractivity contribution in [2.75, 3.05) is 12.2 Å². The van der Waals surface area contributed by atoms with Crippen molar-refractivity contribution in [1.82, 2.24) is 0 Å².